The zero-order valence-electron chi connectivity index (χ0n) is 15.2. The molecule has 8 heteroatoms. The first-order chi connectivity index (χ1) is 13.6. The first kappa shape index (κ1) is 18.8. The molecule has 28 heavy (non-hydrogen) atoms. The highest BCUT2D eigenvalue weighted by atomic mass is 32.1. The van der Waals surface area contributed by atoms with Gasteiger partial charge in [-0.3, -0.25) is 0 Å². The van der Waals surface area contributed by atoms with Crippen LogP contribution in [0.5, 0.6) is 0 Å². The average Bonchev–Trinajstić information content (AvgIpc) is 3.05. The minimum absolute atomic E-state index is 0.0377. The number of carboxylic acids is 1. The van der Waals surface area contributed by atoms with Gasteiger partial charge >= 0.3 is 5.97 Å². The van der Waals surface area contributed by atoms with E-state index in [1.807, 2.05) is 0 Å². The summed E-state index contributed by atoms with van der Waals surface area (Å²) in [6.07, 6.45) is 4.40. The Morgan fingerprint density at radius 2 is 2.00 bits per heavy atom. The molecule has 1 aliphatic rings. The van der Waals surface area contributed by atoms with E-state index in [9.17, 15) is 9.18 Å². The van der Waals surface area contributed by atoms with E-state index in [1.54, 1.807) is 23.5 Å². The van der Waals surface area contributed by atoms with E-state index in [0.717, 1.165) is 40.9 Å². The van der Waals surface area contributed by atoms with Gasteiger partial charge < -0.3 is 15.2 Å². The van der Waals surface area contributed by atoms with E-state index in [1.165, 1.54) is 29.0 Å². The summed E-state index contributed by atoms with van der Waals surface area (Å²) in [5.74, 6) is -0.114. The summed E-state index contributed by atoms with van der Waals surface area (Å²) in [4.78, 5) is 22.1. The molecule has 1 aliphatic carbocycles. The van der Waals surface area contributed by atoms with Crippen molar-refractivity contribution in [2.45, 2.75) is 38.8 Å². The maximum absolute atomic E-state index is 13.1. The number of fused-ring (bicyclic) bond motifs is 3. The van der Waals surface area contributed by atoms with Crippen LogP contribution < -0.4 is 5.32 Å². The Labute approximate surface area is 165 Å². The smallest absolute Gasteiger partial charge is 0.329 e. The number of ether oxygens (including phenoxy) is 1. The Morgan fingerprint density at radius 3 is 2.79 bits per heavy atom. The van der Waals surface area contributed by atoms with Crippen LogP contribution in [-0.4, -0.2) is 27.7 Å². The number of carbonyl (C=O) groups is 1. The number of carboxylic acid groups (broad SMARTS) is 1. The van der Waals surface area contributed by atoms with Crippen LogP contribution in [0.15, 0.2) is 24.3 Å². The average molecular weight is 401 g/mol. The minimum Gasteiger partial charge on any atom is -0.480 e. The number of thiophene rings is 1. The van der Waals surface area contributed by atoms with Crippen molar-refractivity contribution in [3.8, 4) is 0 Å². The fourth-order valence-electron chi connectivity index (χ4n) is 3.41. The monoisotopic (exact) mass is 401 g/mol. The number of benzene rings is 1. The van der Waals surface area contributed by atoms with Gasteiger partial charge in [-0.05, 0) is 48.9 Å². The molecule has 2 heterocycles. The highest BCUT2D eigenvalue weighted by Gasteiger charge is 2.21. The number of aromatic nitrogens is 2. The number of hydrogen-bond donors (Lipinski definition) is 2. The summed E-state index contributed by atoms with van der Waals surface area (Å²) >= 11 is 1.68. The number of anilines is 1. The Morgan fingerprint density at radius 1 is 1.21 bits per heavy atom. The van der Waals surface area contributed by atoms with Gasteiger partial charge in [-0.2, -0.15) is 0 Å². The topological polar surface area (TPSA) is 84.3 Å². The Balaban J connectivity index is 1.65. The molecular weight excluding hydrogens is 381 g/mol. The van der Waals surface area contributed by atoms with Gasteiger partial charge in [0.25, 0.3) is 0 Å². The van der Waals surface area contributed by atoms with E-state index in [-0.39, 0.29) is 19.0 Å². The third kappa shape index (κ3) is 4.13. The molecular formula is C20H20FN3O3S. The Bertz CT molecular complexity index is 1000. The van der Waals surface area contributed by atoms with Crippen LogP contribution in [0.25, 0.3) is 10.2 Å². The lowest BCUT2D eigenvalue weighted by Crippen LogP contribution is -2.10. The molecule has 2 aromatic heterocycles. The number of nitrogens with zero attached hydrogens (tertiary/aromatic N) is 2. The lowest BCUT2D eigenvalue weighted by Gasteiger charge is -2.13. The Hall–Kier alpha value is -2.58. The predicted octanol–water partition coefficient (Wildman–Crippen LogP) is 3.92. The summed E-state index contributed by atoms with van der Waals surface area (Å²) in [6.45, 7) is 0.156. The van der Waals surface area contributed by atoms with Gasteiger partial charge in [0.05, 0.1) is 5.39 Å². The number of halogens is 1. The van der Waals surface area contributed by atoms with E-state index >= 15 is 0 Å². The zero-order valence-corrected chi connectivity index (χ0v) is 16.0. The number of rotatable bonds is 7. The molecule has 2 N–H and O–H groups in total. The molecule has 0 amide bonds. The van der Waals surface area contributed by atoms with Gasteiger partial charge in [0, 0.05) is 11.4 Å². The SMILES string of the molecule is O=C(O)COCc1nc(NCc2ccc(F)cc2)c2c3c(sc2n1)CCCC3. The third-order valence-corrected chi connectivity index (χ3v) is 5.88. The van der Waals surface area contributed by atoms with E-state index < -0.39 is 5.97 Å². The second-order valence-corrected chi connectivity index (χ2v) is 7.83. The lowest BCUT2D eigenvalue weighted by molar-refractivity contribution is -0.142. The molecule has 0 spiro atoms. The zero-order chi connectivity index (χ0) is 19.5. The maximum atomic E-state index is 13.1. The molecule has 0 aliphatic heterocycles. The maximum Gasteiger partial charge on any atom is 0.329 e. The molecule has 146 valence electrons. The van der Waals surface area contributed by atoms with Crippen molar-refractivity contribution < 1.29 is 19.0 Å². The van der Waals surface area contributed by atoms with Gasteiger partial charge in [0.1, 0.15) is 29.7 Å². The van der Waals surface area contributed by atoms with Crippen LogP contribution >= 0.6 is 11.3 Å². The van der Waals surface area contributed by atoms with E-state index in [4.69, 9.17) is 9.84 Å². The summed E-state index contributed by atoms with van der Waals surface area (Å²) in [7, 11) is 0. The fourth-order valence-corrected chi connectivity index (χ4v) is 4.69. The largest absolute Gasteiger partial charge is 0.480 e. The number of aryl methyl sites for hydroxylation is 2. The highest BCUT2D eigenvalue weighted by molar-refractivity contribution is 7.19. The minimum atomic E-state index is -1.03. The van der Waals surface area contributed by atoms with Crippen molar-refractivity contribution >= 4 is 33.3 Å². The molecule has 0 saturated carbocycles. The van der Waals surface area contributed by atoms with Crippen molar-refractivity contribution in [3.63, 3.8) is 0 Å². The molecule has 0 bridgehead atoms. The predicted molar refractivity (Wildman–Crippen MR) is 105 cm³/mol. The molecule has 1 aromatic carbocycles. The quantitative estimate of drug-likeness (QED) is 0.624. The van der Waals surface area contributed by atoms with E-state index in [0.29, 0.717) is 12.4 Å². The van der Waals surface area contributed by atoms with Gasteiger partial charge in [0.2, 0.25) is 0 Å². The molecule has 6 nitrogen and oxygen atoms in total. The first-order valence-electron chi connectivity index (χ1n) is 9.19. The van der Waals surface area contributed by atoms with Crippen molar-refractivity contribution in [1.82, 2.24) is 9.97 Å². The number of aliphatic carboxylic acids is 1. The van der Waals surface area contributed by atoms with Gasteiger partial charge in [-0.25, -0.2) is 19.2 Å². The molecule has 0 saturated heterocycles. The van der Waals surface area contributed by atoms with Crippen LogP contribution in [0.3, 0.4) is 0 Å². The van der Waals surface area contributed by atoms with Crippen LogP contribution in [0, 0.1) is 5.82 Å². The van der Waals surface area contributed by atoms with Gasteiger partial charge in [-0.15, -0.1) is 11.3 Å². The van der Waals surface area contributed by atoms with Gasteiger partial charge in [0.15, 0.2) is 5.82 Å². The van der Waals surface area contributed by atoms with Crippen LogP contribution in [-0.2, 0) is 35.5 Å². The highest BCUT2D eigenvalue weighted by Crippen LogP contribution is 2.38. The van der Waals surface area contributed by atoms with Crippen LogP contribution in [0.4, 0.5) is 10.2 Å². The van der Waals surface area contributed by atoms with Gasteiger partial charge in [-0.1, -0.05) is 12.1 Å². The van der Waals surface area contributed by atoms with Crippen molar-refractivity contribution in [2.24, 2.45) is 0 Å². The first-order valence-corrected chi connectivity index (χ1v) is 10.0. The molecule has 0 unspecified atom stereocenters. The Kier molecular flexibility index (Phi) is 5.50. The van der Waals surface area contributed by atoms with Crippen LogP contribution in [0.2, 0.25) is 0 Å². The molecule has 0 atom stereocenters. The third-order valence-electron chi connectivity index (χ3n) is 4.69. The molecule has 3 aromatic rings. The van der Waals surface area contributed by atoms with Crippen molar-refractivity contribution in [2.75, 3.05) is 11.9 Å². The van der Waals surface area contributed by atoms with Crippen molar-refractivity contribution in [3.05, 3.63) is 51.9 Å². The number of hydrogen-bond acceptors (Lipinski definition) is 6. The lowest BCUT2D eigenvalue weighted by atomic mass is 9.97. The molecule has 0 radical (unpaired) electrons. The van der Waals surface area contributed by atoms with E-state index in [2.05, 4.69) is 15.3 Å². The summed E-state index contributed by atoms with van der Waals surface area (Å²) in [6, 6.07) is 6.34. The second kappa shape index (κ2) is 8.20. The fraction of sp³-hybridized carbons (Fsp3) is 0.350. The summed E-state index contributed by atoms with van der Waals surface area (Å²) < 4.78 is 18.3. The standard InChI is InChI=1S/C20H20FN3O3S/c21-13-7-5-12(6-8-13)9-22-19-18-14-3-1-2-4-15(14)28-20(18)24-16(23-19)10-27-11-17(25)26/h5-8H,1-4,9-11H2,(H,25,26)(H,22,23,24). The second-order valence-electron chi connectivity index (χ2n) is 6.75. The molecule has 0 fully saturated rings. The summed E-state index contributed by atoms with van der Waals surface area (Å²) in [5.41, 5.74) is 2.26. The van der Waals surface area contributed by atoms with Crippen LogP contribution in [0.1, 0.15) is 34.7 Å². The van der Waals surface area contributed by atoms with Crippen molar-refractivity contribution in [1.29, 1.82) is 0 Å². The molecule has 4 rings (SSSR count). The summed E-state index contributed by atoms with van der Waals surface area (Å²) in [5, 5.41) is 13.2. The normalized spacial score (nSPS) is 13.5. The number of nitrogens with one attached hydrogen (secondary N) is 1.